The van der Waals surface area contributed by atoms with Crippen molar-refractivity contribution in [2.45, 2.75) is 12.8 Å². The van der Waals surface area contributed by atoms with Gasteiger partial charge in [-0.25, -0.2) is 0 Å². The highest BCUT2D eigenvalue weighted by molar-refractivity contribution is 6.08. The zero-order chi connectivity index (χ0) is 17.6. The van der Waals surface area contributed by atoms with Crippen molar-refractivity contribution in [2.75, 3.05) is 19.7 Å². The van der Waals surface area contributed by atoms with Crippen LogP contribution in [0.5, 0.6) is 0 Å². The second-order valence-corrected chi connectivity index (χ2v) is 6.88. The van der Waals surface area contributed by atoms with Crippen LogP contribution in [0.15, 0.2) is 36.7 Å². The number of amides is 1. The fraction of sp³-hybridized carbons (Fsp3) is 0.368. The molecule has 2 aromatic heterocycles. The van der Waals surface area contributed by atoms with Crippen LogP contribution in [-0.2, 0) is 7.05 Å². The number of aliphatic hydroxyl groups is 1. The van der Waals surface area contributed by atoms with Crippen molar-refractivity contribution in [1.82, 2.24) is 19.7 Å². The second-order valence-electron chi connectivity index (χ2n) is 6.88. The molecule has 1 aliphatic rings. The third-order valence-electron chi connectivity index (χ3n) is 5.22. The van der Waals surface area contributed by atoms with Crippen LogP contribution >= 0.6 is 0 Å². The molecule has 1 fully saturated rings. The zero-order valence-electron chi connectivity index (χ0n) is 14.4. The lowest BCUT2D eigenvalue weighted by atomic mass is 9.92. The number of rotatable bonds is 3. The van der Waals surface area contributed by atoms with Crippen molar-refractivity contribution in [3.8, 4) is 0 Å². The largest absolute Gasteiger partial charge is 0.396 e. The first-order valence-corrected chi connectivity index (χ1v) is 8.54. The minimum absolute atomic E-state index is 0.0276. The number of aromatic nitrogens is 3. The van der Waals surface area contributed by atoms with Crippen molar-refractivity contribution >= 4 is 16.8 Å². The molecule has 130 valence electrons. The number of carbonyl (C=O) groups is 1. The number of aryl methyl sites for hydroxylation is 2. The molecule has 2 N–H and O–H groups in total. The maximum Gasteiger partial charge on any atom is 0.256 e. The summed E-state index contributed by atoms with van der Waals surface area (Å²) in [5, 5.41) is 15.0. The third kappa shape index (κ3) is 2.62. The lowest BCUT2D eigenvalue weighted by Crippen LogP contribution is -2.29. The number of aliphatic hydroxyl groups excluding tert-OH is 1. The molecule has 6 heteroatoms. The molecule has 1 saturated heterocycles. The van der Waals surface area contributed by atoms with E-state index in [0.29, 0.717) is 13.1 Å². The molecule has 0 radical (unpaired) electrons. The summed E-state index contributed by atoms with van der Waals surface area (Å²) in [5.41, 5.74) is 3.67. The van der Waals surface area contributed by atoms with Crippen LogP contribution in [0.1, 0.15) is 27.5 Å². The van der Waals surface area contributed by atoms with E-state index in [1.165, 1.54) is 0 Å². The monoisotopic (exact) mass is 338 g/mol. The number of nitrogens with one attached hydrogen (secondary N) is 1. The summed E-state index contributed by atoms with van der Waals surface area (Å²) >= 11 is 0. The topological polar surface area (TPSA) is 74.2 Å². The Bertz CT molecular complexity index is 927. The molecular weight excluding hydrogens is 316 g/mol. The van der Waals surface area contributed by atoms with E-state index >= 15 is 0 Å². The summed E-state index contributed by atoms with van der Waals surface area (Å²) in [6.45, 7) is 3.17. The number of fused-ring (bicyclic) bond motifs is 1. The molecule has 0 spiro atoms. The van der Waals surface area contributed by atoms with Crippen molar-refractivity contribution in [3.63, 3.8) is 0 Å². The Morgan fingerprint density at radius 3 is 2.88 bits per heavy atom. The number of aromatic amines is 1. The van der Waals surface area contributed by atoms with Gasteiger partial charge in [0.15, 0.2) is 0 Å². The molecule has 1 amide bonds. The van der Waals surface area contributed by atoms with Gasteiger partial charge in [0.25, 0.3) is 5.91 Å². The van der Waals surface area contributed by atoms with Crippen LogP contribution in [0, 0.1) is 12.8 Å². The van der Waals surface area contributed by atoms with Gasteiger partial charge in [-0.15, -0.1) is 0 Å². The number of likely N-dealkylation sites (tertiary alicyclic amines) is 1. The van der Waals surface area contributed by atoms with E-state index in [0.717, 1.165) is 27.7 Å². The van der Waals surface area contributed by atoms with Gasteiger partial charge in [0, 0.05) is 61.4 Å². The van der Waals surface area contributed by atoms with E-state index in [4.69, 9.17) is 0 Å². The summed E-state index contributed by atoms with van der Waals surface area (Å²) in [6, 6.07) is 7.87. The van der Waals surface area contributed by atoms with Crippen LogP contribution in [0.3, 0.4) is 0 Å². The molecule has 25 heavy (non-hydrogen) atoms. The van der Waals surface area contributed by atoms with Crippen molar-refractivity contribution in [3.05, 3.63) is 53.5 Å². The lowest BCUT2D eigenvalue weighted by molar-refractivity contribution is 0.0782. The number of para-hydroxylation sites is 1. The lowest BCUT2D eigenvalue weighted by Gasteiger charge is -2.16. The minimum Gasteiger partial charge on any atom is -0.396 e. The first-order chi connectivity index (χ1) is 12.1. The smallest absolute Gasteiger partial charge is 0.256 e. The summed E-state index contributed by atoms with van der Waals surface area (Å²) in [5.74, 6) is 0.187. The maximum absolute atomic E-state index is 13.2. The van der Waals surface area contributed by atoms with E-state index in [1.54, 1.807) is 4.68 Å². The molecule has 0 unspecified atom stereocenters. The van der Waals surface area contributed by atoms with Crippen LogP contribution in [-0.4, -0.2) is 50.4 Å². The molecule has 0 bridgehead atoms. The van der Waals surface area contributed by atoms with Crippen molar-refractivity contribution in [2.24, 2.45) is 13.0 Å². The van der Waals surface area contributed by atoms with Crippen LogP contribution in [0.25, 0.3) is 10.9 Å². The van der Waals surface area contributed by atoms with Gasteiger partial charge in [-0.3, -0.25) is 9.48 Å². The predicted molar refractivity (Wildman–Crippen MR) is 95.5 cm³/mol. The van der Waals surface area contributed by atoms with Gasteiger partial charge in [-0.1, -0.05) is 18.2 Å². The maximum atomic E-state index is 13.2. The van der Waals surface area contributed by atoms with Crippen molar-refractivity contribution in [1.29, 1.82) is 0 Å². The third-order valence-corrected chi connectivity index (χ3v) is 5.22. The van der Waals surface area contributed by atoms with Gasteiger partial charge in [0.1, 0.15) is 0 Å². The fourth-order valence-electron chi connectivity index (χ4n) is 3.94. The number of H-pyrrole nitrogens is 1. The van der Waals surface area contributed by atoms with Gasteiger partial charge in [-0.2, -0.15) is 5.10 Å². The quantitative estimate of drug-likeness (QED) is 0.768. The van der Waals surface area contributed by atoms with E-state index in [2.05, 4.69) is 10.1 Å². The number of carbonyl (C=O) groups excluding carboxylic acids is 1. The highest BCUT2D eigenvalue weighted by Crippen LogP contribution is 2.34. The average molecular weight is 338 g/mol. The highest BCUT2D eigenvalue weighted by Gasteiger charge is 2.37. The van der Waals surface area contributed by atoms with E-state index in [1.807, 2.05) is 55.5 Å². The zero-order valence-corrected chi connectivity index (χ0v) is 14.4. The van der Waals surface area contributed by atoms with Gasteiger partial charge < -0.3 is 15.0 Å². The van der Waals surface area contributed by atoms with E-state index in [9.17, 15) is 9.90 Å². The number of benzene rings is 1. The number of nitrogens with zero attached hydrogens (tertiary/aromatic N) is 3. The Kier molecular flexibility index (Phi) is 3.84. The molecule has 1 aromatic carbocycles. The van der Waals surface area contributed by atoms with Gasteiger partial charge in [0.05, 0.1) is 11.8 Å². The Labute approximate surface area is 146 Å². The van der Waals surface area contributed by atoms with E-state index in [-0.39, 0.29) is 24.3 Å². The Hall–Kier alpha value is -2.60. The molecule has 0 saturated carbocycles. The molecular formula is C19H22N4O2. The highest BCUT2D eigenvalue weighted by atomic mass is 16.3. The van der Waals surface area contributed by atoms with Crippen LogP contribution < -0.4 is 0 Å². The van der Waals surface area contributed by atoms with E-state index < -0.39 is 0 Å². The number of hydrogen-bond donors (Lipinski definition) is 2. The van der Waals surface area contributed by atoms with Gasteiger partial charge in [0.2, 0.25) is 0 Å². The molecule has 3 heterocycles. The van der Waals surface area contributed by atoms with Crippen LogP contribution in [0.2, 0.25) is 0 Å². The van der Waals surface area contributed by atoms with Crippen LogP contribution in [0.4, 0.5) is 0 Å². The minimum atomic E-state index is 0.0276. The summed E-state index contributed by atoms with van der Waals surface area (Å²) in [4.78, 5) is 18.3. The molecule has 1 aliphatic heterocycles. The first kappa shape index (κ1) is 15.9. The Morgan fingerprint density at radius 2 is 2.16 bits per heavy atom. The molecule has 6 nitrogen and oxygen atoms in total. The standard InChI is InChI=1S/C19H22N4O2/c1-12-18(15-5-3-4-6-17(15)21-12)19(25)23-9-14(11-24)16(10-23)13-7-20-22(2)8-13/h3-8,14,16,21,24H,9-11H2,1-2H3/t14-,16-/m0/s1. The SMILES string of the molecule is Cc1[nH]c2ccccc2c1C(=O)N1C[C@@H](CO)[C@H](c2cnn(C)c2)C1. The molecule has 4 rings (SSSR count). The first-order valence-electron chi connectivity index (χ1n) is 8.54. The Balaban J connectivity index is 1.65. The molecule has 0 aliphatic carbocycles. The molecule has 2 atom stereocenters. The van der Waals surface area contributed by atoms with Gasteiger partial charge >= 0.3 is 0 Å². The number of hydrogen-bond acceptors (Lipinski definition) is 3. The van der Waals surface area contributed by atoms with Gasteiger partial charge in [-0.05, 0) is 18.6 Å². The molecule has 3 aromatic rings. The Morgan fingerprint density at radius 1 is 1.36 bits per heavy atom. The average Bonchev–Trinajstić information content (AvgIpc) is 3.29. The normalized spacial score (nSPS) is 20.5. The van der Waals surface area contributed by atoms with Crippen molar-refractivity contribution < 1.29 is 9.90 Å². The predicted octanol–water partition coefficient (Wildman–Crippen LogP) is 2.06. The fourth-order valence-corrected chi connectivity index (χ4v) is 3.94. The summed E-state index contributed by atoms with van der Waals surface area (Å²) in [7, 11) is 1.88. The summed E-state index contributed by atoms with van der Waals surface area (Å²) in [6.07, 6.45) is 3.80. The second kappa shape index (κ2) is 6.04. The summed E-state index contributed by atoms with van der Waals surface area (Å²) < 4.78 is 1.76.